The van der Waals surface area contributed by atoms with Crippen LogP contribution in [0.1, 0.15) is 29.7 Å². The average molecular weight is 352 g/mol. The summed E-state index contributed by atoms with van der Waals surface area (Å²) >= 11 is 0. The van der Waals surface area contributed by atoms with Gasteiger partial charge in [0, 0.05) is 44.5 Å². The smallest absolute Gasteiger partial charge is 0.123 e. The van der Waals surface area contributed by atoms with Gasteiger partial charge in [-0.05, 0) is 55.4 Å². The molecule has 1 aliphatic heterocycles. The molecule has 0 bridgehead atoms. The molecule has 26 heavy (non-hydrogen) atoms. The molecule has 0 saturated carbocycles. The topological polar surface area (TPSA) is 42.3 Å². The Bertz CT molecular complexity index is 774. The third-order valence-electron chi connectivity index (χ3n) is 5.00. The molecule has 1 fully saturated rings. The van der Waals surface area contributed by atoms with Crippen molar-refractivity contribution in [1.29, 1.82) is 5.26 Å². The Morgan fingerprint density at radius 2 is 1.81 bits per heavy atom. The van der Waals surface area contributed by atoms with Gasteiger partial charge in [0.05, 0.1) is 11.6 Å². The van der Waals surface area contributed by atoms with Crippen LogP contribution in [0.15, 0.2) is 42.5 Å². The molecule has 0 radical (unpaired) electrons. The summed E-state index contributed by atoms with van der Waals surface area (Å²) in [6.07, 6.45) is 0. The van der Waals surface area contributed by atoms with Crippen LogP contribution >= 0.6 is 0 Å². The third kappa shape index (κ3) is 4.40. The van der Waals surface area contributed by atoms with Crippen LogP contribution in [0.2, 0.25) is 0 Å². The lowest BCUT2D eigenvalue weighted by Gasteiger charge is -2.36. The van der Waals surface area contributed by atoms with Gasteiger partial charge in [0.15, 0.2) is 0 Å². The van der Waals surface area contributed by atoms with E-state index in [-0.39, 0.29) is 11.9 Å². The Labute approximate surface area is 154 Å². The molecule has 1 N–H and O–H groups in total. The van der Waals surface area contributed by atoms with Crippen LogP contribution in [-0.2, 0) is 6.54 Å². The minimum atomic E-state index is -0.204. The number of piperazine rings is 1. The van der Waals surface area contributed by atoms with Crippen molar-refractivity contribution in [2.24, 2.45) is 0 Å². The maximum atomic E-state index is 13.9. The van der Waals surface area contributed by atoms with E-state index in [0.29, 0.717) is 12.1 Å². The van der Waals surface area contributed by atoms with E-state index in [2.05, 4.69) is 35.2 Å². The first-order valence-corrected chi connectivity index (χ1v) is 9.02. The number of hydrogen-bond acceptors (Lipinski definition) is 4. The van der Waals surface area contributed by atoms with Crippen LogP contribution in [0.4, 0.5) is 10.1 Å². The van der Waals surface area contributed by atoms with E-state index < -0.39 is 0 Å². The summed E-state index contributed by atoms with van der Waals surface area (Å²) in [5.41, 5.74) is 3.86. The predicted octanol–water partition coefficient (Wildman–Crippen LogP) is 3.30. The van der Waals surface area contributed by atoms with Crippen molar-refractivity contribution in [2.75, 3.05) is 38.1 Å². The summed E-state index contributed by atoms with van der Waals surface area (Å²) in [5.74, 6) is -0.204. The van der Waals surface area contributed by atoms with Crippen LogP contribution < -0.4 is 10.2 Å². The zero-order valence-electron chi connectivity index (χ0n) is 15.4. The van der Waals surface area contributed by atoms with Gasteiger partial charge in [-0.25, -0.2) is 4.39 Å². The quantitative estimate of drug-likeness (QED) is 0.897. The molecular formula is C21H25FN4. The second kappa shape index (κ2) is 8.31. The molecule has 1 unspecified atom stereocenters. The first-order valence-electron chi connectivity index (χ1n) is 9.02. The highest BCUT2D eigenvalue weighted by atomic mass is 19.1. The zero-order valence-corrected chi connectivity index (χ0v) is 15.4. The van der Waals surface area contributed by atoms with Crippen LogP contribution in [0, 0.1) is 17.1 Å². The van der Waals surface area contributed by atoms with E-state index in [9.17, 15) is 4.39 Å². The molecule has 1 heterocycles. The zero-order chi connectivity index (χ0) is 18.5. The van der Waals surface area contributed by atoms with Gasteiger partial charge < -0.3 is 15.1 Å². The van der Waals surface area contributed by atoms with Crippen LogP contribution in [0.5, 0.6) is 0 Å². The van der Waals surface area contributed by atoms with Crippen molar-refractivity contribution >= 4 is 5.69 Å². The number of halogens is 1. The molecule has 0 aliphatic carbocycles. The first kappa shape index (κ1) is 18.4. The fourth-order valence-corrected chi connectivity index (χ4v) is 3.29. The summed E-state index contributed by atoms with van der Waals surface area (Å²) < 4.78 is 13.9. The highest BCUT2D eigenvalue weighted by molar-refractivity contribution is 5.55. The minimum absolute atomic E-state index is 0.0241. The average Bonchev–Trinajstić information content (AvgIpc) is 2.67. The van der Waals surface area contributed by atoms with Gasteiger partial charge in [-0.3, -0.25) is 0 Å². The van der Waals surface area contributed by atoms with Crippen molar-refractivity contribution in [3.63, 3.8) is 0 Å². The number of hydrogen-bond donors (Lipinski definition) is 1. The number of nitrogens with zero attached hydrogens (tertiary/aromatic N) is 3. The predicted molar refractivity (Wildman–Crippen MR) is 103 cm³/mol. The van der Waals surface area contributed by atoms with Gasteiger partial charge in [-0.1, -0.05) is 12.1 Å². The SMILES string of the molecule is CC(NCc1ccc(C#N)cc1)c1cc(F)ccc1N1CCN(C)CC1. The molecule has 0 aromatic heterocycles. The van der Waals surface area contributed by atoms with Crippen LogP contribution in [-0.4, -0.2) is 38.1 Å². The standard InChI is InChI=1S/C21H25FN4/c1-16(24-15-18-5-3-17(14-23)4-6-18)20-13-19(22)7-8-21(20)26-11-9-25(2)10-12-26/h3-8,13,16,24H,9-12,15H2,1-2H3. The lowest BCUT2D eigenvalue weighted by atomic mass is 10.0. The van der Waals surface area contributed by atoms with Gasteiger partial charge in [-0.2, -0.15) is 5.26 Å². The number of nitriles is 1. The molecule has 1 atom stereocenters. The maximum absolute atomic E-state index is 13.9. The Morgan fingerprint density at radius 3 is 2.46 bits per heavy atom. The number of anilines is 1. The van der Waals surface area contributed by atoms with E-state index in [0.717, 1.165) is 43.0 Å². The molecule has 3 rings (SSSR count). The number of benzene rings is 2. The van der Waals surface area contributed by atoms with E-state index in [4.69, 9.17) is 5.26 Å². The minimum Gasteiger partial charge on any atom is -0.369 e. The normalized spacial score (nSPS) is 16.3. The van der Waals surface area contributed by atoms with Gasteiger partial charge in [-0.15, -0.1) is 0 Å². The molecule has 2 aromatic rings. The molecule has 1 aliphatic rings. The van der Waals surface area contributed by atoms with Crippen molar-refractivity contribution in [1.82, 2.24) is 10.2 Å². The molecular weight excluding hydrogens is 327 g/mol. The highest BCUT2D eigenvalue weighted by Gasteiger charge is 2.20. The van der Waals surface area contributed by atoms with Crippen molar-refractivity contribution in [3.05, 3.63) is 65.0 Å². The lowest BCUT2D eigenvalue weighted by molar-refractivity contribution is 0.312. The fraction of sp³-hybridized carbons (Fsp3) is 0.381. The summed E-state index contributed by atoms with van der Waals surface area (Å²) in [6.45, 7) is 6.69. The highest BCUT2D eigenvalue weighted by Crippen LogP contribution is 2.28. The maximum Gasteiger partial charge on any atom is 0.123 e. The van der Waals surface area contributed by atoms with Gasteiger partial charge in [0.2, 0.25) is 0 Å². The Morgan fingerprint density at radius 1 is 1.12 bits per heavy atom. The number of rotatable bonds is 5. The van der Waals surface area contributed by atoms with Crippen LogP contribution in [0.25, 0.3) is 0 Å². The molecule has 5 heteroatoms. The van der Waals surface area contributed by atoms with E-state index in [1.54, 1.807) is 12.1 Å². The number of likely N-dealkylation sites (N-methyl/N-ethyl adjacent to an activating group) is 1. The van der Waals surface area contributed by atoms with Gasteiger partial charge >= 0.3 is 0 Å². The molecule has 4 nitrogen and oxygen atoms in total. The first-order chi connectivity index (χ1) is 12.6. The fourth-order valence-electron chi connectivity index (χ4n) is 3.29. The Balaban J connectivity index is 1.72. The summed E-state index contributed by atoms with van der Waals surface area (Å²) in [4.78, 5) is 4.65. The van der Waals surface area contributed by atoms with E-state index >= 15 is 0 Å². The second-order valence-corrected chi connectivity index (χ2v) is 6.90. The monoisotopic (exact) mass is 352 g/mol. The summed E-state index contributed by atoms with van der Waals surface area (Å²) in [6, 6.07) is 14.8. The second-order valence-electron chi connectivity index (χ2n) is 6.90. The van der Waals surface area contributed by atoms with E-state index in [1.165, 1.54) is 0 Å². The van der Waals surface area contributed by atoms with Gasteiger partial charge in [0.1, 0.15) is 5.82 Å². The van der Waals surface area contributed by atoms with Crippen molar-refractivity contribution in [2.45, 2.75) is 19.5 Å². The van der Waals surface area contributed by atoms with Crippen molar-refractivity contribution < 1.29 is 4.39 Å². The molecule has 136 valence electrons. The lowest BCUT2D eigenvalue weighted by Crippen LogP contribution is -2.45. The molecule has 2 aromatic carbocycles. The Kier molecular flexibility index (Phi) is 5.87. The van der Waals surface area contributed by atoms with Crippen LogP contribution in [0.3, 0.4) is 0 Å². The summed E-state index contributed by atoms with van der Waals surface area (Å²) in [7, 11) is 2.13. The molecule has 0 amide bonds. The largest absolute Gasteiger partial charge is 0.369 e. The summed E-state index contributed by atoms with van der Waals surface area (Å²) in [5, 5.41) is 12.4. The van der Waals surface area contributed by atoms with E-state index in [1.807, 2.05) is 30.3 Å². The molecule has 1 saturated heterocycles. The van der Waals surface area contributed by atoms with Gasteiger partial charge in [0.25, 0.3) is 0 Å². The number of nitrogens with one attached hydrogen (secondary N) is 1. The molecule has 0 spiro atoms. The third-order valence-corrected chi connectivity index (χ3v) is 5.00. The van der Waals surface area contributed by atoms with Crippen molar-refractivity contribution in [3.8, 4) is 6.07 Å². The Hall–Kier alpha value is -2.42.